The molecule has 2 heterocycles. The maximum Gasteiger partial charge on any atom is 0.301 e. The van der Waals surface area contributed by atoms with Crippen LogP contribution in [-0.4, -0.2) is 74.9 Å². The smallest absolute Gasteiger partial charge is 0.301 e. The largest absolute Gasteiger partial charge is 0.369 e. The van der Waals surface area contributed by atoms with Gasteiger partial charge in [-0.15, -0.1) is 0 Å². The number of hydrogen-bond donors (Lipinski definition) is 3. The minimum Gasteiger partial charge on any atom is -0.369 e. The Hall–Kier alpha value is -3.41. The number of anilines is 6. The van der Waals surface area contributed by atoms with Crippen LogP contribution in [0.4, 0.5) is 34.5 Å². The van der Waals surface area contributed by atoms with Gasteiger partial charge in [-0.1, -0.05) is 6.07 Å². The number of nitrogens with one attached hydrogen (secondary N) is 3. The maximum absolute atomic E-state index is 12.1. The molecular formula is C24H32N8O2S. The van der Waals surface area contributed by atoms with Gasteiger partial charge in [0.15, 0.2) is 0 Å². The summed E-state index contributed by atoms with van der Waals surface area (Å²) in [6.45, 7) is 6.10. The van der Waals surface area contributed by atoms with Crippen molar-refractivity contribution in [1.29, 1.82) is 0 Å². The number of nitrogens with zero attached hydrogens (tertiary/aromatic N) is 5. The van der Waals surface area contributed by atoms with Crippen LogP contribution in [0.15, 0.2) is 54.7 Å². The lowest BCUT2D eigenvalue weighted by atomic mass is 10.2. The second-order valence-corrected chi connectivity index (χ2v) is 10.7. The van der Waals surface area contributed by atoms with Crippen LogP contribution in [0.5, 0.6) is 0 Å². The molecular weight excluding hydrogens is 464 g/mol. The molecule has 0 bridgehead atoms. The zero-order chi connectivity index (χ0) is 25.0. The van der Waals surface area contributed by atoms with Crippen molar-refractivity contribution in [2.75, 3.05) is 67.6 Å². The summed E-state index contributed by atoms with van der Waals surface area (Å²) < 4.78 is 27.9. The minimum atomic E-state index is -3.59. The topological polar surface area (TPSA) is 106 Å². The Morgan fingerprint density at radius 3 is 2.29 bits per heavy atom. The highest BCUT2D eigenvalue weighted by Crippen LogP contribution is 2.25. The van der Waals surface area contributed by atoms with Gasteiger partial charge in [0.1, 0.15) is 5.82 Å². The monoisotopic (exact) mass is 496 g/mol. The molecule has 1 aromatic heterocycles. The first-order valence-corrected chi connectivity index (χ1v) is 12.9. The van der Waals surface area contributed by atoms with Gasteiger partial charge in [-0.3, -0.25) is 4.72 Å². The number of benzene rings is 2. The second kappa shape index (κ2) is 10.5. The third-order valence-electron chi connectivity index (χ3n) is 5.82. The number of hydrogen-bond acceptors (Lipinski definition) is 8. The Bertz CT molecular complexity index is 1260. The molecule has 0 aliphatic carbocycles. The lowest BCUT2D eigenvalue weighted by Crippen LogP contribution is -2.44. The molecule has 0 amide bonds. The van der Waals surface area contributed by atoms with E-state index in [-0.39, 0.29) is 0 Å². The van der Waals surface area contributed by atoms with Gasteiger partial charge in [0, 0.05) is 69.1 Å². The normalized spacial score (nSPS) is 14.7. The first-order valence-electron chi connectivity index (χ1n) is 11.4. The quantitative estimate of drug-likeness (QED) is 0.437. The van der Waals surface area contributed by atoms with Gasteiger partial charge >= 0.3 is 10.2 Å². The fourth-order valence-electron chi connectivity index (χ4n) is 3.62. The highest BCUT2D eigenvalue weighted by molar-refractivity contribution is 7.90. The molecule has 0 atom stereocenters. The first-order chi connectivity index (χ1) is 16.7. The standard InChI is InChI=1S/C24H32N8O2S/c1-18-17-25-24(27-19-8-10-22(11-9-19)32-14-12-31(4)13-15-32)28-23(18)26-20-6-5-7-21(16-20)29-35(33,34)30(2)3/h5-11,16-17,29H,12-15H2,1-4H3,(H2,25,26,27,28). The van der Waals surface area contributed by atoms with E-state index < -0.39 is 10.2 Å². The third-order valence-corrected chi connectivity index (χ3v) is 7.27. The number of likely N-dealkylation sites (N-methyl/N-ethyl adjacent to an activating group) is 1. The number of aromatic nitrogens is 2. The predicted molar refractivity (Wildman–Crippen MR) is 142 cm³/mol. The van der Waals surface area contributed by atoms with Crippen LogP contribution < -0.4 is 20.3 Å². The highest BCUT2D eigenvalue weighted by Gasteiger charge is 2.15. The van der Waals surface area contributed by atoms with Gasteiger partial charge in [-0.2, -0.15) is 17.7 Å². The Morgan fingerprint density at radius 2 is 1.60 bits per heavy atom. The van der Waals surface area contributed by atoms with Gasteiger partial charge in [-0.25, -0.2) is 4.98 Å². The molecule has 186 valence electrons. The van der Waals surface area contributed by atoms with Crippen molar-refractivity contribution >= 4 is 44.7 Å². The Balaban J connectivity index is 1.44. The van der Waals surface area contributed by atoms with Crippen molar-refractivity contribution in [3.8, 4) is 0 Å². The van der Waals surface area contributed by atoms with Crippen LogP contribution in [0.1, 0.15) is 5.56 Å². The fourth-order valence-corrected chi connectivity index (χ4v) is 4.22. The van der Waals surface area contributed by atoms with E-state index in [9.17, 15) is 8.42 Å². The molecule has 1 aliphatic heterocycles. The van der Waals surface area contributed by atoms with E-state index in [4.69, 9.17) is 0 Å². The molecule has 2 aromatic carbocycles. The Kier molecular flexibility index (Phi) is 7.39. The fraction of sp³-hybridized carbons (Fsp3) is 0.333. The molecule has 4 rings (SSSR count). The van der Waals surface area contributed by atoms with Crippen molar-refractivity contribution in [1.82, 2.24) is 19.2 Å². The van der Waals surface area contributed by atoms with E-state index >= 15 is 0 Å². The molecule has 10 nitrogen and oxygen atoms in total. The van der Waals surface area contributed by atoms with Gasteiger partial charge in [0.25, 0.3) is 0 Å². The molecule has 1 aliphatic rings. The van der Waals surface area contributed by atoms with Crippen molar-refractivity contribution in [3.63, 3.8) is 0 Å². The summed E-state index contributed by atoms with van der Waals surface area (Å²) in [5, 5.41) is 6.52. The van der Waals surface area contributed by atoms with E-state index in [1.54, 1.807) is 24.4 Å². The molecule has 3 aromatic rings. The predicted octanol–water partition coefficient (Wildman–Crippen LogP) is 3.24. The van der Waals surface area contributed by atoms with E-state index in [1.165, 1.54) is 19.8 Å². The van der Waals surface area contributed by atoms with E-state index in [0.717, 1.165) is 41.7 Å². The van der Waals surface area contributed by atoms with E-state index in [1.807, 2.05) is 25.1 Å². The van der Waals surface area contributed by atoms with Crippen molar-refractivity contribution in [2.24, 2.45) is 0 Å². The van der Waals surface area contributed by atoms with Crippen molar-refractivity contribution in [3.05, 3.63) is 60.3 Å². The molecule has 1 fully saturated rings. The zero-order valence-electron chi connectivity index (χ0n) is 20.5. The molecule has 3 N–H and O–H groups in total. The van der Waals surface area contributed by atoms with Crippen LogP contribution in [0.2, 0.25) is 0 Å². The summed E-state index contributed by atoms with van der Waals surface area (Å²) in [7, 11) is 1.51. The van der Waals surface area contributed by atoms with Crippen LogP contribution in [-0.2, 0) is 10.2 Å². The summed E-state index contributed by atoms with van der Waals surface area (Å²) >= 11 is 0. The van der Waals surface area contributed by atoms with Gasteiger partial charge < -0.3 is 20.4 Å². The molecule has 1 saturated heterocycles. The number of piperazine rings is 1. The SMILES string of the molecule is Cc1cnc(Nc2ccc(N3CCN(C)CC3)cc2)nc1Nc1cccc(NS(=O)(=O)N(C)C)c1. The molecule has 0 saturated carbocycles. The van der Waals surface area contributed by atoms with Crippen molar-refractivity contribution < 1.29 is 8.42 Å². The summed E-state index contributed by atoms with van der Waals surface area (Å²) in [6.07, 6.45) is 1.74. The lowest BCUT2D eigenvalue weighted by molar-refractivity contribution is 0.313. The Morgan fingerprint density at radius 1 is 0.914 bits per heavy atom. The number of aryl methyl sites for hydroxylation is 1. The average Bonchev–Trinajstić information content (AvgIpc) is 2.82. The molecule has 0 radical (unpaired) electrons. The van der Waals surface area contributed by atoms with Gasteiger partial charge in [-0.05, 0) is 56.4 Å². The lowest BCUT2D eigenvalue weighted by Gasteiger charge is -2.34. The summed E-state index contributed by atoms with van der Waals surface area (Å²) in [6, 6.07) is 15.3. The second-order valence-electron chi connectivity index (χ2n) is 8.78. The number of rotatable bonds is 8. The molecule has 35 heavy (non-hydrogen) atoms. The maximum atomic E-state index is 12.1. The molecule has 11 heteroatoms. The van der Waals surface area contributed by atoms with Crippen LogP contribution in [0, 0.1) is 6.92 Å². The highest BCUT2D eigenvalue weighted by atomic mass is 32.2. The summed E-state index contributed by atoms with van der Waals surface area (Å²) in [5.74, 6) is 1.10. The molecule has 0 spiro atoms. The molecule has 0 unspecified atom stereocenters. The zero-order valence-corrected chi connectivity index (χ0v) is 21.3. The van der Waals surface area contributed by atoms with Crippen molar-refractivity contribution in [2.45, 2.75) is 6.92 Å². The summed E-state index contributed by atoms with van der Waals surface area (Å²) in [4.78, 5) is 13.8. The Labute approximate surface area is 207 Å². The van der Waals surface area contributed by atoms with Gasteiger partial charge in [0.05, 0.1) is 5.69 Å². The summed E-state index contributed by atoms with van der Waals surface area (Å²) in [5.41, 5.74) is 4.13. The van der Waals surface area contributed by atoms with Crippen LogP contribution >= 0.6 is 0 Å². The van der Waals surface area contributed by atoms with E-state index in [0.29, 0.717) is 23.1 Å². The first kappa shape index (κ1) is 24.7. The third kappa shape index (κ3) is 6.38. The van der Waals surface area contributed by atoms with E-state index in [2.05, 4.69) is 54.3 Å². The van der Waals surface area contributed by atoms with Crippen LogP contribution in [0.25, 0.3) is 0 Å². The van der Waals surface area contributed by atoms with Gasteiger partial charge in [0.2, 0.25) is 5.95 Å². The average molecular weight is 497 g/mol. The van der Waals surface area contributed by atoms with Crippen LogP contribution in [0.3, 0.4) is 0 Å². The minimum absolute atomic E-state index is 0.453.